The maximum absolute atomic E-state index is 12.8. The van der Waals surface area contributed by atoms with Crippen molar-refractivity contribution in [3.8, 4) is 11.5 Å². The van der Waals surface area contributed by atoms with Gasteiger partial charge < -0.3 is 15.6 Å². The molecule has 0 aliphatic heterocycles. The van der Waals surface area contributed by atoms with Gasteiger partial charge >= 0.3 is 5.69 Å². The quantitative estimate of drug-likeness (QED) is 0.651. The Labute approximate surface area is 119 Å². The van der Waals surface area contributed by atoms with Gasteiger partial charge in [-0.25, -0.2) is 4.39 Å². The van der Waals surface area contributed by atoms with Crippen molar-refractivity contribution in [2.75, 3.05) is 6.61 Å². The van der Waals surface area contributed by atoms with E-state index in [9.17, 15) is 14.5 Å². The third-order valence-corrected chi connectivity index (χ3v) is 2.85. The average Bonchev–Trinajstić information content (AvgIpc) is 2.49. The molecule has 0 amide bonds. The molecule has 0 spiro atoms. The summed E-state index contributed by atoms with van der Waals surface area (Å²) in [5, 5.41) is 20.1. The predicted octanol–water partition coefficient (Wildman–Crippen LogP) is 2.52. The lowest BCUT2D eigenvalue weighted by Crippen LogP contribution is -2.14. The van der Waals surface area contributed by atoms with Crippen molar-refractivity contribution in [3.63, 3.8) is 0 Å². The Morgan fingerprint density at radius 3 is 2.52 bits per heavy atom. The molecule has 1 atom stereocenters. The van der Waals surface area contributed by atoms with Crippen molar-refractivity contribution in [1.29, 1.82) is 0 Å². The Kier molecular flexibility index (Phi) is 4.46. The van der Waals surface area contributed by atoms with Crippen LogP contribution in [0.1, 0.15) is 11.6 Å². The molecule has 0 aromatic heterocycles. The summed E-state index contributed by atoms with van der Waals surface area (Å²) in [6.45, 7) is -0.324. The zero-order chi connectivity index (χ0) is 15.4. The maximum atomic E-state index is 12.8. The Morgan fingerprint density at radius 1 is 1.29 bits per heavy atom. The molecule has 7 heteroatoms. The highest BCUT2D eigenvalue weighted by molar-refractivity contribution is 5.51. The lowest BCUT2D eigenvalue weighted by Gasteiger charge is -2.11. The summed E-state index contributed by atoms with van der Waals surface area (Å²) in [4.78, 5) is 10.5. The number of aliphatic hydroxyl groups excluding tert-OH is 1. The van der Waals surface area contributed by atoms with Crippen LogP contribution >= 0.6 is 0 Å². The molecule has 2 aromatic carbocycles. The van der Waals surface area contributed by atoms with E-state index < -0.39 is 16.8 Å². The largest absolute Gasteiger partial charge is 0.450 e. The fourth-order valence-corrected chi connectivity index (χ4v) is 1.73. The predicted molar refractivity (Wildman–Crippen MR) is 73.6 cm³/mol. The Bertz CT molecular complexity index is 646. The normalized spacial score (nSPS) is 12.0. The van der Waals surface area contributed by atoms with E-state index in [1.54, 1.807) is 0 Å². The molecule has 0 unspecified atom stereocenters. The van der Waals surface area contributed by atoms with Crippen LogP contribution < -0.4 is 10.5 Å². The molecule has 0 radical (unpaired) electrons. The number of hydrogen-bond acceptors (Lipinski definition) is 5. The summed E-state index contributed by atoms with van der Waals surface area (Å²) in [5.41, 5.74) is 5.78. The van der Waals surface area contributed by atoms with E-state index in [-0.39, 0.29) is 23.8 Å². The standard InChI is InChI=1S/C14H13FN2O4/c15-10-2-4-11(5-3-10)21-14-6-1-9(12(16)8-18)7-13(14)17(19)20/h1-7,12,18H,8,16H2/t12-/m0/s1. The van der Waals surface area contributed by atoms with Gasteiger partial charge in [0.1, 0.15) is 11.6 Å². The van der Waals surface area contributed by atoms with Crippen molar-refractivity contribution >= 4 is 5.69 Å². The highest BCUT2D eigenvalue weighted by atomic mass is 19.1. The SMILES string of the molecule is N[C@@H](CO)c1ccc(Oc2ccc(F)cc2)c([N+](=O)[O-])c1. The Morgan fingerprint density at radius 2 is 1.95 bits per heavy atom. The minimum atomic E-state index is -0.705. The topological polar surface area (TPSA) is 98.6 Å². The van der Waals surface area contributed by atoms with E-state index >= 15 is 0 Å². The zero-order valence-electron chi connectivity index (χ0n) is 10.9. The number of nitro benzene ring substituents is 1. The zero-order valence-corrected chi connectivity index (χ0v) is 10.9. The lowest BCUT2D eigenvalue weighted by molar-refractivity contribution is -0.385. The number of hydrogen-bond donors (Lipinski definition) is 2. The molecule has 0 heterocycles. The number of nitrogens with zero attached hydrogens (tertiary/aromatic N) is 1. The highest BCUT2D eigenvalue weighted by Gasteiger charge is 2.18. The molecule has 110 valence electrons. The van der Waals surface area contributed by atoms with Gasteiger partial charge in [-0.3, -0.25) is 10.1 Å². The summed E-state index contributed by atoms with van der Waals surface area (Å²) in [5.74, 6) is -0.139. The molecule has 0 fully saturated rings. The number of ether oxygens (including phenoxy) is 1. The van der Waals surface area contributed by atoms with E-state index in [1.807, 2.05) is 0 Å². The maximum Gasteiger partial charge on any atom is 0.311 e. The van der Waals surface area contributed by atoms with Crippen LogP contribution in [0, 0.1) is 15.9 Å². The molecule has 0 bridgehead atoms. The van der Waals surface area contributed by atoms with Crippen molar-refractivity contribution < 1.29 is 19.2 Å². The van der Waals surface area contributed by atoms with Gasteiger partial charge in [0.2, 0.25) is 5.75 Å². The van der Waals surface area contributed by atoms with Crippen molar-refractivity contribution in [2.24, 2.45) is 5.73 Å². The molecule has 0 aliphatic carbocycles. The summed E-state index contributed by atoms with van der Waals surface area (Å²) >= 11 is 0. The van der Waals surface area contributed by atoms with Gasteiger partial charge in [-0.1, -0.05) is 6.07 Å². The number of benzene rings is 2. The summed E-state index contributed by atoms with van der Waals surface area (Å²) < 4.78 is 18.2. The highest BCUT2D eigenvalue weighted by Crippen LogP contribution is 2.33. The summed E-state index contributed by atoms with van der Waals surface area (Å²) in [7, 11) is 0. The van der Waals surface area contributed by atoms with Crippen LogP contribution in [0.5, 0.6) is 11.5 Å². The Hall–Kier alpha value is -2.51. The average molecular weight is 292 g/mol. The molecule has 21 heavy (non-hydrogen) atoms. The molecule has 0 aliphatic rings. The number of halogens is 1. The fraction of sp³-hybridized carbons (Fsp3) is 0.143. The van der Waals surface area contributed by atoms with Crippen LogP contribution in [-0.2, 0) is 0 Å². The minimum absolute atomic E-state index is 0.0143. The second-order valence-corrected chi connectivity index (χ2v) is 4.33. The molecular weight excluding hydrogens is 279 g/mol. The van der Waals surface area contributed by atoms with Crippen LogP contribution in [0.25, 0.3) is 0 Å². The molecule has 3 N–H and O–H groups in total. The molecule has 2 rings (SSSR count). The molecule has 0 saturated heterocycles. The summed E-state index contributed by atoms with van der Waals surface area (Å²) in [6, 6.07) is 8.59. The second kappa shape index (κ2) is 6.29. The minimum Gasteiger partial charge on any atom is -0.450 e. The van der Waals surface area contributed by atoms with E-state index in [0.717, 1.165) is 0 Å². The summed E-state index contributed by atoms with van der Waals surface area (Å²) in [6.07, 6.45) is 0. The number of rotatable bonds is 5. The van der Waals surface area contributed by atoms with E-state index in [4.69, 9.17) is 15.6 Å². The van der Waals surface area contributed by atoms with E-state index in [1.165, 1.54) is 42.5 Å². The van der Waals surface area contributed by atoms with Gasteiger partial charge in [0.15, 0.2) is 0 Å². The van der Waals surface area contributed by atoms with Crippen LogP contribution in [-0.4, -0.2) is 16.6 Å². The number of nitro groups is 1. The second-order valence-electron chi connectivity index (χ2n) is 4.33. The van der Waals surface area contributed by atoms with Gasteiger partial charge in [-0.05, 0) is 35.9 Å². The fourth-order valence-electron chi connectivity index (χ4n) is 1.73. The first-order valence-corrected chi connectivity index (χ1v) is 6.09. The van der Waals surface area contributed by atoms with Crippen molar-refractivity contribution in [3.05, 3.63) is 64.0 Å². The first-order valence-electron chi connectivity index (χ1n) is 6.09. The molecule has 6 nitrogen and oxygen atoms in total. The number of aliphatic hydroxyl groups is 1. The number of nitrogens with two attached hydrogens (primary N) is 1. The van der Waals surface area contributed by atoms with Crippen LogP contribution in [0.15, 0.2) is 42.5 Å². The molecular formula is C14H13FN2O4. The Balaban J connectivity index is 2.34. The van der Waals surface area contributed by atoms with Gasteiger partial charge in [0, 0.05) is 6.07 Å². The van der Waals surface area contributed by atoms with E-state index in [0.29, 0.717) is 5.56 Å². The van der Waals surface area contributed by atoms with Crippen LogP contribution in [0.3, 0.4) is 0 Å². The van der Waals surface area contributed by atoms with Crippen LogP contribution in [0.4, 0.5) is 10.1 Å². The lowest BCUT2D eigenvalue weighted by atomic mass is 10.1. The van der Waals surface area contributed by atoms with E-state index in [2.05, 4.69) is 0 Å². The molecule has 2 aromatic rings. The van der Waals surface area contributed by atoms with Gasteiger partial charge in [0.05, 0.1) is 17.6 Å². The smallest absolute Gasteiger partial charge is 0.311 e. The third-order valence-electron chi connectivity index (χ3n) is 2.85. The first kappa shape index (κ1) is 14.9. The monoisotopic (exact) mass is 292 g/mol. The van der Waals surface area contributed by atoms with Gasteiger partial charge in [-0.2, -0.15) is 0 Å². The van der Waals surface area contributed by atoms with Crippen molar-refractivity contribution in [2.45, 2.75) is 6.04 Å². The van der Waals surface area contributed by atoms with Crippen molar-refractivity contribution in [1.82, 2.24) is 0 Å². The van der Waals surface area contributed by atoms with Crippen LogP contribution in [0.2, 0.25) is 0 Å². The van der Waals surface area contributed by atoms with Gasteiger partial charge in [-0.15, -0.1) is 0 Å². The molecule has 0 saturated carbocycles. The first-order chi connectivity index (χ1) is 10.0. The van der Waals surface area contributed by atoms with Gasteiger partial charge in [0.25, 0.3) is 0 Å². The third kappa shape index (κ3) is 3.53.